The summed E-state index contributed by atoms with van der Waals surface area (Å²) >= 11 is 0. The lowest BCUT2D eigenvalue weighted by Gasteiger charge is -2.38. The summed E-state index contributed by atoms with van der Waals surface area (Å²) in [5.74, 6) is 0. The first-order valence-corrected chi connectivity index (χ1v) is 7.63. The molecule has 0 radical (unpaired) electrons. The number of fused-ring (bicyclic) bond motifs is 1. The number of aryl methyl sites for hydroxylation is 1. The molecule has 4 N–H and O–H groups in total. The molecule has 120 valence electrons. The monoisotopic (exact) mass is 306 g/mol. The molecule has 7 heteroatoms. The van der Waals surface area contributed by atoms with Gasteiger partial charge >= 0.3 is 14.2 Å². The fourth-order valence-corrected chi connectivity index (χ4v) is 2.62. The van der Waals surface area contributed by atoms with Gasteiger partial charge < -0.3 is 24.8 Å². The summed E-state index contributed by atoms with van der Waals surface area (Å²) in [5, 5.41) is 39.5. The van der Waals surface area contributed by atoms with Gasteiger partial charge in [0.2, 0.25) is 0 Å². The number of hydrogen-bond donors (Lipinski definition) is 4. The molecule has 1 aliphatic rings. The fraction of sp³-hybridized carbons (Fsp3) is 0.600. The van der Waals surface area contributed by atoms with Gasteiger partial charge in [-0.05, 0) is 69.0 Å². The van der Waals surface area contributed by atoms with E-state index in [1.807, 2.05) is 0 Å². The van der Waals surface area contributed by atoms with Crippen LogP contribution < -0.4 is 10.9 Å². The van der Waals surface area contributed by atoms with E-state index in [0.717, 1.165) is 30.4 Å². The molecule has 0 heterocycles. The van der Waals surface area contributed by atoms with E-state index in [2.05, 4.69) is 0 Å². The number of hydrogen-bond acceptors (Lipinski definition) is 5. The van der Waals surface area contributed by atoms with Crippen molar-refractivity contribution in [2.75, 3.05) is 0 Å². The van der Waals surface area contributed by atoms with E-state index < -0.39 is 25.4 Å². The average Bonchev–Trinajstić information content (AvgIpc) is 2.83. The molecule has 0 amide bonds. The van der Waals surface area contributed by atoms with Crippen molar-refractivity contribution in [1.29, 1.82) is 0 Å². The summed E-state index contributed by atoms with van der Waals surface area (Å²) in [6, 6.07) is 3.34. The van der Waals surface area contributed by atoms with Crippen LogP contribution in [0.3, 0.4) is 0 Å². The van der Waals surface area contributed by atoms with Gasteiger partial charge in [-0.3, -0.25) is 0 Å². The lowest BCUT2D eigenvalue weighted by atomic mass is 9.68. The van der Waals surface area contributed by atoms with Gasteiger partial charge in [-0.25, -0.2) is 0 Å². The van der Waals surface area contributed by atoms with Crippen LogP contribution in [0, 0.1) is 0 Å². The molecule has 0 atom stereocenters. The van der Waals surface area contributed by atoms with Crippen LogP contribution in [-0.4, -0.2) is 45.6 Å². The highest BCUT2D eigenvalue weighted by atomic mass is 16.5. The second-order valence-corrected chi connectivity index (χ2v) is 7.01. The topological polar surface area (TPSA) is 90.2 Å². The lowest BCUT2D eigenvalue weighted by Crippen LogP contribution is -2.54. The van der Waals surface area contributed by atoms with Crippen molar-refractivity contribution < 1.29 is 24.8 Å². The molecular formula is C15H24B2O5. The first-order chi connectivity index (χ1) is 10.0. The van der Waals surface area contributed by atoms with Crippen LogP contribution in [0.5, 0.6) is 0 Å². The second-order valence-electron chi connectivity index (χ2n) is 7.01. The summed E-state index contributed by atoms with van der Waals surface area (Å²) in [5.41, 5.74) is 0.819. The van der Waals surface area contributed by atoms with Crippen LogP contribution in [0.15, 0.2) is 12.1 Å². The Labute approximate surface area is 132 Å². The van der Waals surface area contributed by atoms with Crippen molar-refractivity contribution in [3.63, 3.8) is 0 Å². The van der Waals surface area contributed by atoms with Gasteiger partial charge in [-0.2, -0.15) is 0 Å². The second kappa shape index (κ2) is 5.98. The normalized spacial score (nSPS) is 14.9. The van der Waals surface area contributed by atoms with Crippen LogP contribution in [-0.2, 0) is 17.5 Å². The van der Waals surface area contributed by atoms with Crippen LogP contribution in [0.4, 0.5) is 0 Å². The maximum absolute atomic E-state index is 10.5. The Kier molecular flexibility index (Phi) is 4.76. The minimum absolute atomic E-state index is 0.347. The molecule has 0 spiro atoms. The minimum Gasteiger partial charge on any atom is -0.423 e. The van der Waals surface area contributed by atoms with Gasteiger partial charge in [0.1, 0.15) is 0 Å². The van der Waals surface area contributed by atoms with Gasteiger partial charge in [0, 0.05) is 0 Å². The quantitative estimate of drug-likeness (QED) is 0.530. The molecule has 0 bridgehead atoms. The molecular weight excluding hydrogens is 282 g/mol. The zero-order valence-corrected chi connectivity index (χ0v) is 13.6. The summed E-state index contributed by atoms with van der Waals surface area (Å²) in [6.45, 7) is 6.67. The van der Waals surface area contributed by atoms with Gasteiger partial charge in [0.05, 0.1) is 11.2 Å². The third-order valence-corrected chi connectivity index (χ3v) is 4.72. The molecule has 2 rings (SSSR count). The van der Waals surface area contributed by atoms with E-state index in [-0.39, 0.29) is 0 Å². The van der Waals surface area contributed by atoms with Crippen LogP contribution >= 0.6 is 0 Å². The summed E-state index contributed by atoms with van der Waals surface area (Å²) in [6.07, 6.45) is 2.65. The average molecular weight is 306 g/mol. The minimum atomic E-state index is -1.58. The van der Waals surface area contributed by atoms with Gasteiger partial charge in [-0.15, -0.1) is 0 Å². The maximum Gasteiger partial charge on any atom is 0.491 e. The molecule has 5 nitrogen and oxygen atoms in total. The molecule has 0 unspecified atom stereocenters. The fourth-order valence-electron chi connectivity index (χ4n) is 2.62. The highest BCUT2D eigenvalue weighted by Crippen LogP contribution is 2.26. The van der Waals surface area contributed by atoms with Crippen LogP contribution in [0.1, 0.15) is 45.2 Å². The maximum atomic E-state index is 10.5. The first kappa shape index (κ1) is 17.5. The number of aliphatic hydroxyl groups is 1. The molecule has 0 saturated carbocycles. The third-order valence-electron chi connectivity index (χ3n) is 4.72. The Bertz CT molecular complexity index is 552. The van der Waals surface area contributed by atoms with E-state index in [1.165, 1.54) is 0 Å². The van der Waals surface area contributed by atoms with Gasteiger partial charge in [-0.1, -0.05) is 12.1 Å². The Morgan fingerprint density at radius 2 is 1.68 bits per heavy atom. The predicted octanol–water partition coefficient (Wildman–Crippen LogP) is -0.891. The number of benzene rings is 1. The van der Waals surface area contributed by atoms with Gasteiger partial charge in [0.25, 0.3) is 0 Å². The van der Waals surface area contributed by atoms with Gasteiger partial charge in [0.15, 0.2) is 0 Å². The van der Waals surface area contributed by atoms with Crippen molar-refractivity contribution in [2.45, 2.75) is 58.2 Å². The van der Waals surface area contributed by atoms with E-state index in [1.54, 1.807) is 39.8 Å². The summed E-state index contributed by atoms with van der Waals surface area (Å²) in [7, 11) is -2.81. The van der Waals surface area contributed by atoms with Crippen molar-refractivity contribution in [3.05, 3.63) is 23.3 Å². The van der Waals surface area contributed by atoms with E-state index in [4.69, 9.17) is 4.65 Å². The van der Waals surface area contributed by atoms with E-state index in [9.17, 15) is 20.2 Å². The third kappa shape index (κ3) is 3.39. The Morgan fingerprint density at radius 3 is 2.23 bits per heavy atom. The molecule has 0 aromatic heterocycles. The Balaban J connectivity index is 2.36. The zero-order valence-electron chi connectivity index (χ0n) is 13.6. The smallest absolute Gasteiger partial charge is 0.423 e. The molecule has 1 aromatic rings. The zero-order chi connectivity index (χ0) is 16.7. The molecule has 0 fully saturated rings. The number of rotatable bonds is 5. The Morgan fingerprint density at radius 1 is 1.05 bits per heavy atom. The van der Waals surface area contributed by atoms with Crippen molar-refractivity contribution in [1.82, 2.24) is 0 Å². The van der Waals surface area contributed by atoms with Crippen molar-refractivity contribution in [2.24, 2.45) is 0 Å². The summed E-state index contributed by atoms with van der Waals surface area (Å²) in [4.78, 5) is 0. The largest absolute Gasteiger partial charge is 0.491 e. The molecule has 1 aromatic carbocycles. The van der Waals surface area contributed by atoms with Crippen molar-refractivity contribution >= 4 is 25.2 Å². The van der Waals surface area contributed by atoms with Crippen LogP contribution in [0.25, 0.3) is 0 Å². The van der Waals surface area contributed by atoms with Crippen LogP contribution in [0.2, 0.25) is 0 Å². The highest BCUT2D eigenvalue weighted by molar-refractivity contribution is 6.63. The Hall–Kier alpha value is -0.850. The van der Waals surface area contributed by atoms with Crippen molar-refractivity contribution in [3.8, 4) is 0 Å². The highest BCUT2D eigenvalue weighted by Gasteiger charge is 2.40. The molecule has 22 heavy (non-hydrogen) atoms. The standard InChI is InChI=1S/C15H24B2O5/c1-14(2,18)15(3,4)22-17(21)13-9-11(16(19)20)8-10-6-5-7-12(10)13/h8-9,18-21H,5-7H2,1-4H3. The molecule has 1 aliphatic carbocycles. The van der Waals surface area contributed by atoms with E-state index >= 15 is 0 Å². The van der Waals surface area contributed by atoms with E-state index in [0.29, 0.717) is 10.9 Å². The molecule has 0 aliphatic heterocycles. The lowest BCUT2D eigenvalue weighted by molar-refractivity contribution is -0.0982. The molecule has 0 saturated heterocycles. The SMILES string of the molecule is CC(C)(O)C(C)(C)OB(O)c1cc(B(O)O)cc2c1CCC2. The first-order valence-electron chi connectivity index (χ1n) is 7.63. The predicted molar refractivity (Wildman–Crippen MR) is 87.4 cm³/mol. The summed E-state index contributed by atoms with van der Waals surface area (Å²) < 4.78 is 5.69.